The van der Waals surface area contributed by atoms with E-state index in [2.05, 4.69) is 31.2 Å². The number of rotatable bonds is 4. The first kappa shape index (κ1) is 19.4. The van der Waals surface area contributed by atoms with Crippen LogP contribution in [0.25, 0.3) is 0 Å². The molecule has 2 aliphatic carbocycles. The van der Waals surface area contributed by atoms with E-state index in [1.807, 2.05) is 24.3 Å². The molecule has 0 saturated heterocycles. The van der Waals surface area contributed by atoms with Crippen LogP contribution in [0.1, 0.15) is 75.8 Å². The maximum atomic E-state index is 9.77. The van der Waals surface area contributed by atoms with Gasteiger partial charge in [0.25, 0.3) is 0 Å². The summed E-state index contributed by atoms with van der Waals surface area (Å²) >= 11 is 0. The molecule has 2 N–H and O–H groups in total. The second-order valence-corrected chi connectivity index (χ2v) is 9.20. The third-order valence-corrected chi connectivity index (χ3v) is 7.86. The second-order valence-electron chi connectivity index (χ2n) is 9.20. The first-order valence-corrected chi connectivity index (χ1v) is 11.2. The van der Waals surface area contributed by atoms with Crippen LogP contribution < -0.4 is 0 Å². The summed E-state index contributed by atoms with van der Waals surface area (Å²) in [6.45, 7) is 2.34. The highest BCUT2D eigenvalue weighted by atomic mass is 16.3. The Hall–Kier alpha value is -1.96. The molecule has 0 aliphatic heterocycles. The number of hydrogen-bond acceptors (Lipinski definition) is 2. The van der Waals surface area contributed by atoms with Gasteiger partial charge in [0, 0.05) is 5.41 Å². The Morgan fingerprint density at radius 3 is 1.54 bits per heavy atom. The van der Waals surface area contributed by atoms with Crippen LogP contribution in [0.15, 0.2) is 48.5 Å². The van der Waals surface area contributed by atoms with Crippen molar-refractivity contribution in [3.63, 3.8) is 0 Å². The molecule has 0 spiro atoms. The minimum atomic E-state index is -0.00147. The van der Waals surface area contributed by atoms with E-state index in [4.69, 9.17) is 0 Å². The second kappa shape index (κ2) is 8.19. The summed E-state index contributed by atoms with van der Waals surface area (Å²) in [7, 11) is 0. The number of phenols is 2. The van der Waals surface area contributed by atoms with Crippen LogP contribution in [0.5, 0.6) is 11.5 Å². The first-order chi connectivity index (χ1) is 13.6. The Labute approximate surface area is 169 Å². The Bertz CT molecular complexity index is 699. The lowest BCUT2D eigenvalue weighted by Gasteiger charge is -2.44. The van der Waals surface area contributed by atoms with Crippen LogP contribution in [0.2, 0.25) is 0 Å². The summed E-state index contributed by atoms with van der Waals surface area (Å²) in [4.78, 5) is 0. The number of hydrogen-bond donors (Lipinski definition) is 2. The van der Waals surface area contributed by atoms with Crippen molar-refractivity contribution in [2.24, 2.45) is 17.8 Å². The molecule has 0 amide bonds. The Morgan fingerprint density at radius 1 is 0.679 bits per heavy atom. The van der Waals surface area contributed by atoms with Gasteiger partial charge in [-0.05, 0) is 91.7 Å². The fourth-order valence-electron chi connectivity index (χ4n) is 5.98. The fraction of sp³-hybridized carbons (Fsp3) is 0.538. The molecule has 0 unspecified atom stereocenters. The summed E-state index contributed by atoms with van der Waals surface area (Å²) < 4.78 is 0. The summed E-state index contributed by atoms with van der Waals surface area (Å²) in [6, 6.07) is 15.6. The van der Waals surface area contributed by atoms with E-state index in [1.165, 1.54) is 56.1 Å². The van der Waals surface area contributed by atoms with Crippen molar-refractivity contribution in [2.45, 2.75) is 70.1 Å². The average molecular weight is 379 g/mol. The Balaban J connectivity index is 1.55. The van der Waals surface area contributed by atoms with Crippen molar-refractivity contribution in [3.05, 3.63) is 59.7 Å². The molecular formula is C26H34O2. The quantitative estimate of drug-likeness (QED) is 0.615. The molecule has 0 radical (unpaired) electrons. The standard InChI is InChI=1S/C26H34O2/c1-2-19-3-5-20(6-4-19)21-15-17-26(18-16-21,22-7-11-24(27)12-8-22)23-9-13-25(28)14-10-23/h7-14,19-21,27-28H,2-6,15-18H2,1H3/t19-,20-. The van der Waals surface area contributed by atoms with Gasteiger partial charge in [-0.25, -0.2) is 0 Å². The van der Waals surface area contributed by atoms with Crippen molar-refractivity contribution in [3.8, 4) is 11.5 Å². The fourth-order valence-corrected chi connectivity index (χ4v) is 5.98. The molecule has 0 bridgehead atoms. The number of benzene rings is 2. The van der Waals surface area contributed by atoms with Crippen molar-refractivity contribution in [1.29, 1.82) is 0 Å². The largest absolute Gasteiger partial charge is 0.508 e. The minimum Gasteiger partial charge on any atom is -0.508 e. The van der Waals surface area contributed by atoms with Crippen LogP contribution >= 0.6 is 0 Å². The van der Waals surface area contributed by atoms with E-state index in [9.17, 15) is 10.2 Å². The van der Waals surface area contributed by atoms with E-state index in [1.54, 1.807) is 0 Å². The van der Waals surface area contributed by atoms with Crippen LogP contribution in [-0.4, -0.2) is 10.2 Å². The molecule has 0 heterocycles. The van der Waals surface area contributed by atoms with Gasteiger partial charge in [-0.2, -0.15) is 0 Å². The molecule has 2 aromatic rings. The van der Waals surface area contributed by atoms with Gasteiger partial charge in [-0.3, -0.25) is 0 Å². The zero-order valence-corrected chi connectivity index (χ0v) is 17.1. The van der Waals surface area contributed by atoms with Gasteiger partial charge < -0.3 is 10.2 Å². The van der Waals surface area contributed by atoms with Crippen LogP contribution in [0, 0.1) is 17.8 Å². The summed E-state index contributed by atoms with van der Waals surface area (Å²) in [5.41, 5.74) is 2.59. The summed E-state index contributed by atoms with van der Waals surface area (Å²) in [5, 5.41) is 19.5. The highest BCUT2D eigenvalue weighted by Gasteiger charge is 2.40. The molecule has 2 fully saturated rings. The van der Waals surface area contributed by atoms with E-state index in [0.29, 0.717) is 11.5 Å². The van der Waals surface area contributed by atoms with Crippen LogP contribution in [-0.2, 0) is 5.41 Å². The van der Waals surface area contributed by atoms with Crippen molar-refractivity contribution in [2.75, 3.05) is 0 Å². The van der Waals surface area contributed by atoms with Crippen molar-refractivity contribution < 1.29 is 10.2 Å². The smallest absolute Gasteiger partial charge is 0.115 e. The lowest BCUT2D eigenvalue weighted by molar-refractivity contribution is 0.142. The number of aromatic hydroxyl groups is 2. The van der Waals surface area contributed by atoms with Gasteiger partial charge in [0.15, 0.2) is 0 Å². The molecule has 0 atom stereocenters. The maximum absolute atomic E-state index is 9.77. The van der Waals surface area contributed by atoms with Crippen molar-refractivity contribution in [1.82, 2.24) is 0 Å². The first-order valence-electron chi connectivity index (χ1n) is 11.2. The Kier molecular flexibility index (Phi) is 5.66. The van der Waals surface area contributed by atoms with E-state index in [-0.39, 0.29) is 5.41 Å². The topological polar surface area (TPSA) is 40.5 Å². The summed E-state index contributed by atoms with van der Waals surface area (Å²) in [6.07, 6.45) is 11.9. The SMILES string of the molecule is CC[C@H]1CC[C@H](C2CCC(c3ccc(O)cc3)(c3ccc(O)cc3)CC2)CC1. The van der Waals surface area contributed by atoms with Gasteiger partial charge in [-0.15, -0.1) is 0 Å². The third-order valence-electron chi connectivity index (χ3n) is 7.86. The normalized spacial score (nSPS) is 25.5. The molecule has 4 rings (SSSR count). The van der Waals surface area contributed by atoms with Crippen LogP contribution in [0.3, 0.4) is 0 Å². The molecular weight excluding hydrogens is 344 g/mol. The lowest BCUT2D eigenvalue weighted by atomic mass is 9.60. The maximum Gasteiger partial charge on any atom is 0.115 e. The van der Waals surface area contributed by atoms with Gasteiger partial charge >= 0.3 is 0 Å². The highest BCUT2D eigenvalue weighted by molar-refractivity contribution is 5.43. The molecule has 28 heavy (non-hydrogen) atoms. The molecule has 2 aliphatic rings. The van der Waals surface area contributed by atoms with E-state index < -0.39 is 0 Å². The zero-order valence-electron chi connectivity index (χ0n) is 17.1. The molecule has 0 aromatic heterocycles. The highest BCUT2D eigenvalue weighted by Crippen LogP contribution is 2.50. The average Bonchev–Trinajstić information content (AvgIpc) is 2.75. The van der Waals surface area contributed by atoms with E-state index in [0.717, 1.165) is 30.6 Å². The predicted octanol–water partition coefficient (Wildman–Crippen LogP) is 6.79. The number of phenolic OH excluding ortho intramolecular Hbond substituents is 2. The monoisotopic (exact) mass is 378 g/mol. The van der Waals surface area contributed by atoms with Gasteiger partial charge in [0.1, 0.15) is 11.5 Å². The van der Waals surface area contributed by atoms with Crippen LogP contribution in [0.4, 0.5) is 0 Å². The van der Waals surface area contributed by atoms with Gasteiger partial charge in [0.05, 0.1) is 0 Å². The third kappa shape index (κ3) is 3.79. The molecule has 2 saturated carbocycles. The molecule has 2 nitrogen and oxygen atoms in total. The molecule has 150 valence electrons. The van der Waals surface area contributed by atoms with Gasteiger partial charge in [-0.1, -0.05) is 50.5 Å². The lowest BCUT2D eigenvalue weighted by Crippen LogP contribution is -2.35. The zero-order chi connectivity index (χ0) is 19.6. The van der Waals surface area contributed by atoms with Crippen molar-refractivity contribution >= 4 is 0 Å². The Morgan fingerprint density at radius 2 is 1.11 bits per heavy atom. The predicted molar refractivity (Wildman–Crippen MR) is 115 cm³/mol. The minimum absolute atomic E-state index is 0.00147. The van der Waals surface area contributed by atoms with E-state index >= 15 is 0 Å². The molecule has 2 heteroatoms. The summed E-state index contributed by atoms with van der Waals surface area (Å²) in [5.74, 6) is 3.39. The van der Waals surface area contributed by atoms with Gasteiger partial charge in [0.2, 0.25) is 0 Å². The molecule has 2 aromatic carbocycles.